The highest BCUT2D eigenvalue weighted by Crippen LogP contribution is 2.29. The molecular weight excluding hydrogens is 423 g/mol. The normalized spacial score (nSPS) is 14.8. The van der Waals surface area contributed by atoms with Crippen LogP contribution in [-0.4, -0.2) is 53.8 Å². The molecule has 0 saturated heterocycles. The van der Waals surface area contributed by atoms with E-state index in [2.05, 4.69) is 31.6 Å². The van der Waals surface area contributed by atoms with Gasteiger partial charge in [-0.2, -0.15) is 5.10 Å². The number of rotatable bonds is 7. The number of carbonyl (C=O) groups excluding carboxylic acids is 1. The number of terminal acetylenes is 1. The number of anilines is 2. The van der Waals surface area contributed by atoms with E-state index in [-0.39, 0.29) is 23.3 Å². The number of likely N-dealkylation sites (N-methyl/N-ethyl adjacent to an activating group) is 1. The van der Waals surface area contributed by atoms with E-state index in [1.165, 1.54) is 19.2 Å². The fraction of sp³-hybridized carbons (Fsp3) is 0.250. The molecule has 2 N–H and O–H groups in total. The number of hydrogen-bond acceptors (Lipinski definition) is 7. The molecule has 8 nitrogen and oxygen atoms in total. The first-order chi connectivity index (χ1) is 15.9. The zero-order valence-corrected chi connectivity index (χ0v) is 18.3. The second-order valence-corrected chi connectivity index (χ2v) is 7.69. The summed E-state index contributed by atoms with van der Waals surface area (Å²) in [7, 11) is 1.91. The van der Waals surface area contributed by atoms with Gasteiger partial charge in [0, 0.05) is 61.5 Å². The molecule has 33 heavy (non-hydrogen) atoms. The van der Waals surface area contributed by atoms with Crippen LogP contribution in [0.25, 0.3) is 10.9 Å². The Labute approximate surface area is 190 Å². The van der Waals surface area contributed by atoms with Gasteiger partial charge in [-0.05, 0) is 29.8 Å². The van der Waals surface area contributed by atoms with Gasteiger partial charge in [0.25, 0.3) is 0 Å². The molecule has 1 aromatic heterocycles. The van der Waals surface area contributed by atoms with Crippen molar-refractivity contribution in [3.05, 3.63) is 53.5 Å². The summed E-state index contributed by atoms with van der Waals surface area (Å²) in [5, 5.41) is 12.5. The Bertz CT molecular complexity index is 1270. The van der Waals surface area contributed by atoms with Gasteiger partial charge in [-0.25, -0.2) is 14.4 Å². The summed E-state index contributed by atoms with van der Waals surface area (Å²) in [5.41, 5.74) is 2.29. The van der Waals surface area contributed by atoms with Gasteiger partial charge in [0.1, 0.15) is 17.9 Å². The number of hydrazone groups is 1. The van der Waals surface area contributed by atoms with Crippen molar-refractivity contribution in [2.75, 3.05) is 32.1 Å². The van der Waals surface area contributed by atoms with Gasteiger partial charge < -0.3 is 15.4 Å². The average molecular weight is 446 g/mol. The predicted octanol–water partition coefficient (Wildman–Crippen LogP) is 3.02. The van der Waals surface area contributed by atoms with Crippen LogP contribution in [0.15, 0.2) is 41.6 Å². The first kappa shape index (κ1) is 22.0. The smallest absolute Gasteiger partial charge is 0.227 e. The quantitative estimate of drug-likeness (QED) is 0.428. The number of aromatic nitrogens is 2. The summed E-state index contributed by atoms with van der Waals surface area (Å²) in [6, 6.07) is 8.65. The van der Waals surface area contributed by atoms with E-state index in [4.69, 9.17) is 11.2 Å². The average Bonchev–Trinajstić information content (AvgIpc) is 3.23. The summed E-state index contributed by atoms with van der Waals surface area (Å²) in [5.74, 6) is 2.75. The van der Waals surface area contributed by atoms with E-state index in [9.17, 15) is 9.18 Å². The number of benzene rings is 2. The summed E-state index contributed by atoms with van der Waals surface area (Å²) in [6.45, 7) is 2.90. The molecule has 1 unspecified atom stereocenters. The van der Waals surface area contributed by atoms with E-state index in [1.54, 1.807) is 12.1 Å². The van der Waals surface area contributed by atoms with Crippen molar-refractivity contribution in [1.82, 2.24) is 20.3 Å². The van der Waals surface area contributed by atoms with Crippen LogP contribution in [0, 0.1) is 18.2 Å². The third kappa shape index (κ3) is 5.36. The molecular formula is C24H23FN6O2. The highest BCUT2D eigenvalue weighted by atomic mass is 19.1. The minimum Gasteiger partial charge on any atom is -0.492 e. The van der Waals surface area contributed by atoms with Crippen LogP contribution in [0.1, 0.15) is 24.0 Å². The zero-order chi connectivity index (χ0) is 23.4. The minimum absolute atomic E-state index is 0.0894. The molecule has 0 fully saturated rings. The van der Waals surface area contributed by atoms with Crippen molar-refractivity contribution in [3.63, 3.8) is 0 Å². The summed E-state index contributed by atoms with van der Waals surface area (Å²) in [4.78, 5) is 19.7. The fourth-order valence-corrected chi connectivity index (χ4v) is 3.53. The SMILES string of the molecule is C#Cc1cc(F)c2nc(Nc3cc(OCCNC(C)=O)cc(C4C=NN(C)C4)c3)ncc2c1. The second kappa shape index (κ2) is 9.53. The van der Waals surface area contributed by atoms with Gasteiger partial charge in [-0.1, -0.05) is 5.92 Å². The number of fused-ring (bicyclic) bond motifs is 1. The summed E-state index contributed by atoms with van der Waals surface area (Å²) in [6.07, 6.45) is 8.78. The lowest BCUT2D eigenvalue weighted by molar-refractivity contribution is -0.119. The molecule has 3 aromatic rings. The molecule has 2 heterocycles. The van der Waals surface area contributed by atoms with Crippen molar-refractivity contribution >= 4 is 34.7 Å². The molecule has 4 rings (SSSR count). The van der Waals surface area contributed by atoms with Gasteiger partial charge in [-0.3, -0.25) is 9.80 Å². The topological polar surface area (TPSA) is 91.7 Å². The molecule has 0 saturated carbocycles. The first-order valence-electron chi connectivity index (χ1n) is 10.4. The monoisotopic (exact) mass is 446 g/mol. The van der Waals surface area contributed by atoms with Crippen LogP contribution in [0.4, 0.5) is 16.0 Å². The number of nitrogens with zero attached hydrogens (tertiary/aromatic N) is 4. The molecule has 168 valence electrons. The Morgan fingerprint density at radius 3 is 2.91 bits per heavy atom. The molecule has 0 aliphatic carbocycles. The van der Waals surface area contributed by atoms with Gasteiger partial charge in [0.05, 0.1) is 6.54 Å². The van der Waals surface area contributed by atoms with E-state index in [0.717, 1.165) is 12.1 Å². The largest absolute Gasteiger partial charge is 0.492 e. The molecule has 0 spiro atoms. The number of nitrogens with one attached hydrogen (secondary N) is 2. The Morgan fingerprint density at radius 2 is 2.18 bits per heavy atom. The van der Waals surface area contributed by atoms with Crippen molar-refractivity contribution in [2.24, 2.45) is 5.10 Å². The maximum atomic E-state index is 14.5. The molecule has 1 atom stereocenters. The van der Waals surface area contributed by atoms with Crippen molar-refractivity contribution in [2.45, 2.75) is 12.8 Å². The Balaban J connectivity index is 1.60. The molecule has 2 aromatic carbocycles. The third-order valence-electron chi connectivity index (χ3n) is 5.07. The summed E-state index contributed by atoms with van der Waals surface area (Å²) >= 11 is 0. The van der Waals surface area contributed by atoms with Gasteiger partial charge in [-0.15, -0.1) is 6.42 Å². The lowest BCUT2D eigenvalue weighted by Crippen LogP contribution is -2.25. The first-order valence-corrected chi connectivity index (χ1v) is 10.4. The number of carbonyl (C=O) groups is 1. The summed E-state index contributed by atoms with van der Waals surface area (Å²) < 4.78 is 20.3. The number of ether oxygens (including phenoxy) is 1. The number of hydrogen-bond donors (Lipinski definition) is 2. The molecule has 1 aliphatic rings. The number of halogens is 1. The van der Waals surface area contributed by atoms with E-state index in [1.807, 2.05) is 30.4 Å². The molecule has 0 bridgehead atoms. The maximum Gasteiger partial charge on any atom is 0.227 e. The lowest BCUT2D eigenvalue weighted by atomic mass is 10.00. The van der Waals surface area contributed by atoms with Gasteiger partial charge >= 0.3 is 0 Å². The Kier molecular flexibility index (Phi) is 6.36. The van der Waals surface area contributed by atoms with Crippen LogP contribution < -0.4 is 15.4 Å². The van der Waals surface area contributed by atoms with Crippen LogP contribution in [0.5, 0.6) is 5.75 Å². The molecule has 9 heteroatoms. The van der Waals surface area contributed by atoms with Crippen molar-refractivity contribution < 1.29 is 13.9 Å². The zero-order valence-electron chi connectivity index (χ0n) is 18.3. The third-order valence-corrected chi connectivity index (χ3v) is 5.07. The van der Waals surface area contributed by atoms with E-state index >= 15 is 0 Å². The van der Waals surface area contributed by atoms with E-state index in [0.29, 0.717) is 35.5 Å². The number of amides is 1. The molecule has 0 radical (unpaired) electrons. The van der Waals surface area contributed by atoms with Gasteiger partial charge in [0.15, 0.2) is 5.82 Å². The molecule has 1 aliphatic heterocycles. The highest BCUT2D eigenvalue weighted by molar-refractivity contribution is 5.81. The van der Waals surface area contributed by atoms with Crippen LogP contribution in [0.3, 0.4) is 0 Å². The highest BCUT2D eigenvalue weighted by Gasteiger charge is 2.19. The van der Waals surface area contributed by atoms with E-state index < -0.39 is 5.82 Å². The Morgan fingerprint density at radius 1 is 1.33 bits per heavy atom. The predicted molar refractivity (Wildman–Crippen MR) is 125 cm³/mol. The van der Waals surface area contributed by atoms with Crippen molar-refractivity contribution in [1.29, 1.82) is 0 Å². The maximum absolute atomic E-state index is 14.5. The van der Waals surface area contributed by atoms with Gasteiger partial charge in [0.2, 0.25) is 11.9 Å². The minimum atomic E-state index is -0.508. The van der Waals surface area contributed by atoms with Crippen molar-refractivity contribution in [3.8, 4) is 18.1 Å². The fourth-order valence-electron chi connectivity index (χ4n) is 3.53. The van der Waals surface area contributed by atoms with Crippen LogP contribution >= 0.6 is 0 Å². The van der Waals surface area contributed by atoms with Crippen LogP contribution in [-0.2, 0) is 4.79 Å². The second-order valence-electron chi connectivity index (χ2n) is 7.69. The lowest BCUT2D eigenvalue weighted by Gasteiger charge is -2.16. The standard InChI is InChI=1S/C24H23FN6O2/c1-4-16-7-18-12-27-24(30-23(18)22(25)8-16)29-20-9-17(19-13-28-31(3)14-19)10-21(11-20)33-6-5-26-15(2)32/h1,7-13,19H,5-6,14H2,2-3H3,(H,26,32)(H,27,29,30). The Hall–Kier alpha value is -4.19. The van der Waals surface area contributed by atoms with Crippen LogP contribution in [0.2, 0.25) is 0 Å². The molecule has 1 amide bonds.